The van der Waals surface area contributed by atoms with Gasteiger partial charge in [0.05, 0.1) is 5.71 Å². The molecule has 1 aromatic rings. The maximum absolute atomic E-state index is 5.17. The molecule has 0 N–H and O–H groups in total. The SMILES string of the molecule is CCO/N=C(\c1ccc(C)cc1)C1CC1. The summed E-state index contributed by atoms with van der Waals surface area (Å²) in [6.45, 7) is 4.70. The molecule has 0 aromatic heterocycles. The van der Waals surface area contributed by atoms with Crippen molar-refractivity contribution in [3.63, 3.8) is 0 Å². The van der Waals surface area contributed by atoms with Gasteiger partial charge < -0.3 is 4.84 Å². The Hall–Kier alpha value is -1.31. The van der Waals surface area contributed by atoms with E-state index in [9.17, 15) is 0 Å². The Labute approximate surface area is 90.9 Å². The third-order valence-electron chi connectivity index (χ3n) is 2.60. The number of benzene rings is 1. The van der Waals surface area contributed by atoms with Crippen LogP contribution in [0.3, 0.4) is 0 Å². The fourth-order valence-electron chi connectivity index (χ4n) is 1.58. The molecular weight excluding hydrogens is 186 g/mol. The van der Waals surface area contributed by atoms with Crippen LogP contribution in [0.1, 0.15) is 30.9 Å². The zero-order valence-electron chi connectivity index (χ0n) is 9.36. The van der Waals surface area contributed by atoms with E-state index in [0.717, 1.165) is 5.71 Å². The number of hydrogen-bond donors (Lipinski definition) is 0. The van der Waals surface area contributed by atoms with Crippen LogP contribution in [0.2, 0.25) is 0 Å². The van der Waals surface area contributed by atoms with E-state index in [-0.39, 0.29) is 0 Å². The minimum absolute atomic E-state index is 0.624. The van der Waals surface area contributed by atoms with Crippen molar-refractivity contribution >= 4 is 5.71 Å². The maximum atomic E-state index is 5.17. The average Bonchev–Trinajstić information content (AvgIpc) is 3.05. The lowest BCUT2D eigenvalue weighted by Crippen LogP contribution is -2.04. The minimum Gasteiger partial charge on any atom is -0.396 e. The second-order valence-electron chi connectivity index (χ2n) is 4.03. The average molecular weight is 203 g/mol. The number of nitrogens with zero attached hydrogens (tertiary/aromatic N) is 1. The largest absolute Gasteiger partial charge is 0.396 e. The maximum Gasteiger partial charge on any atom is 0.114 e. The first-order chi connectivity index (χ1) is 7.31. The quantitative estimate of drug-likeness (QED) is 0.544. The van der Waals surface area contributed by atoms with Crippen molar-refractivity contribution in [2.45, 2.75) is 26.7 Å². The third kappa shape index (κ3) is 2.58. The molecule has 0 aliphatic heterocycles. The van der Waals surface area contributed by atoms with E-state index >= 15 is 0 Å². The third-order valence-corrected chi connectivity index (χ3v) is 2.60. The highest BCUT2D eigenvalue weighted by Crippen LogP contribution is 2.33. The van der Waals surface area contributed by atoms with Gasteiger partial charge in [-0.25, -0.2) is 0 Å². The van der Waals surface area contributed by atoms with Gasteiger partial charge in [-0.2, -0.15) is 0 Å². The van der Waals surface area contributed by atoms with Gasteiger partial charge in [0.2, 0.25) is 0 Å². The van der Waals surface area contributed by atoms with Crippen LogP contribution in [-0.2, 0) is 4.84 Å². The molecule has 0 saturated heterocycles. The summed E-state index contributed by atoms with van der Waals surface area (Å²) in [5.74, 6) is 0.624. The first-order valence-corrected chi connectivity index (χ1v) is 5.58. The van der Waals surface area contributed by atoms with Gasteiger partial charge in [0, 0.05) is 5.92 Å². The topological polar surface area (TPSA) is 21.6 Å². The number of rotatable bonds is 4. The molecule has 15 heavy (non-hydrogen) atoms. The van der Waals surface area contributed by atoms with Crippen molar-refractivity contribution in [2.75, 3.05) is 6.61 Å². The van der Waals surface area contributed by atoms with Crippen molar-refractivity contribution in [3.05, 3.63) is 35.4 Å². The molecule has 0 unspecified atom stereocenters. The highest BCUT2D eigenvalue weighted by Gasteiger charge is 2.29. The van der Waals surface area contributed by atoms with Crippen LogP contribution in [0.25, 0.3) is 0 Å². The molecule has 1 aliphatic carbocycles. The van der Waals surface area contributed by atoms with Crippen molar-refractivity contribution < 1.29 is 4.84 Å². The summed E-state index contributed by atoms with van der Waals surface area (Å²) in [6, 6.07) is 8.51. The molecular formula is C13H17NO. The van der Waals surface area contributed by atoms with E-state index in [1.807, 2.05) is 6.92 Å². The normalized spacial score (nSPS) is 16.5. The molecule has 2 rings (SSSR count). The highest BCUT2D eigenvalue weighted by molar-refractivity contribution is 6.03. The van der Waals surface area contributed by atoms with E-state index in [1.54, 1.807) is 0 Å². The second kappa shape index (κ2) is 4.47. The molecule has 0 atom stereocenters. The monoisotopic (exact) mass is 203 g/mol. The molecule has 1 aliphatic rings. The summed E-state index contributed by atoms with van der Waals surface area (Å²) in [5, 5.41) is 4.22. The zero-order valence-corrected chi connectivity index (χ0v) is 9.36. The van der Waals surface area contributed by atoms with Gasteiger partial charge in [-0.15, -0.1) is 0 Å². The first kappa shape index (κ1) is 10.2. The molecule has 0 radical (unpaired) electrons. The lowest BCUT2D eigenvalue weighted by Gasteiger charge is -2.05. The summed E-state index contributed by atoms with van der Waals surface area (Å²) in [6.07, 6.45) is 2.50. The number of aryl methyl sites for hydroxylation is 1. The highest BCUT2D eigenvalue weighted by atomic mass is 16.6. The van der Waals surface area contributed by atoms with Gasteiger partial charge in [-0.05, 0) is 32.3 Å². The Balaban J connectivity index is 2.20. The molecule has 1 saturated carbocycles. The van der Waals surface area contributed by atoms with Crippen LogP contribution in [0.5, 0.6) is 0 Å². The fraction of sp³-hybridized carbons (Fsp3) is 0.462. The van der Waals surface area contributed by atoms with Crippen LogP contribution in [-0.4, -0.2) is 12.3 Å². The van der Waals surface area contributed by atoms with Gasteiger partial charge in [0.15, 0.2) is 0 Å². The van der Waals surface area contributed by atoms with Crippen molar-refractivity contribution in [2.24, 2.45) is 11.1 Å². The molecule has 0 bridgehead atoms. The molecule has 2 nitrogen and oxygen atoms in total. The van der Waals surface area contributed by atoms with E-state index in [4.69, 9.17) is 4.84 Å². The fourth-order valence-corrected chi connectivity index (χ4v) is 1.58. The van der Waals surface area contributed by atoms with Gasteiger partial charge >= 0.3 is 0 Å². The van der Waals surface area contributed by atoms with E-state index in [2.05, 4.69) is 36.3 Å². The summed E-state index contributed by atoms with van der Waals surface area (Å²) < 4.78 is 0. The van der Waals surface area contributed by atoms with Crippen LogP contribution in [0.15, 0.2) is 29.4 Å². The molecule has 2 heteroatoms. The zero-order chi connectivity index (χ0) is 10.7. The van der Waals surface area contributed by atoms with Gasteiger partial charge in [-0.1, -0.05) is 35.0 Å². The molecule has 80 valence electrons. The first-order valence-electron chi connectivity index (χ1n) is 5.58. The van der Waals surface area contributed by atoms with Crippen LogP contribution in [0, 0.1) is 12.8 Å². The standard InChI is InChI=1S/C13H17NO/c1-3-15-14-13(12-8-9-12)11-6-4-10(2)5-7-11/h4-7,12H,3,8-9H2,1-2H3/b14-13+. The molecule has 0 heterocycles. The van der Waals surface area contributed by atoms with Gasteiger partial charge in [-0.3, -0.25) is 0 Å². The smallest absolute Gasteiger partial charge is 0.114 e. The summed E-state index contributed by atoms with van der Waals surface area (Å²) in [4.78, 5) is 5.17. The Morgan fingerprint density at radius 2 is 2.00 bits per heavy atom. The van der Waals surface area contributed by atoms with Crippen molar-refractivity contribution in [3.8, 4) is 0 Å². The Bertz CT molecular complexity index is 349. The summed E-state index contributed by atoms with van der Waals surface area (Å²) >= 11 is 0. The summed E-state index contributed by atoms with van der Waals surface area (Å²) in [5.41, 5.74) is 3.61. The lowest BCUT2D eigenvalue weighted by molar-refractivity contribution is 0.158. The summed E-state index contributed by atoms with van der Waals surface area (Å²) in [7, 11) is 0. The van der Waals surface area contributed by atoms with Gasteiger partial charge in [0.1, 0.15) is 6.61 Å². The van der Waals surface area contributed by atoms with Crippen LogP contribution < -0.4 is 0 Å². The van der Waals surface area contributed by atoms with E-state index < -0.39 is 0 Å². The van der Waals surface area contributed by atoms with Gasteiger partial charge in [0.25, 0.3) is 0 Å². The number of hydrogen-bond acceptors (Lipinski definition) is 2. The van der Waals surface area contributed by atoms with E-state index in [1.165, 1.54) is 24.0 Å². The molecule has 1 aromatic carbocycles. The Morgan fingerprint density at radius 1 is 1.33 bits per heavy atom. The number of oxime groups is 1. The Morgan fingerprint density at radius 3 is 2.53 bits per heavy atom. The van der Waals surface area contributed by atoms with Crippen molar-refractivity contribution in [1.82, 2.24) is 0 Å². The molecule has 1 fully saturated rings. The predicted molar refractivity (Wildman–Crippen MR) is 62.1 cm³/mol. The van der Waals surface area contributed by atoms with Crippen LogP contribution >= 0.6 is 0 Å². The van der Waals surface area contributed by atoms with Crippen LogP contribution in [0.4, 0.5) is 0 Å². The van der Waals surface area contributed by atoms with Crippen molar-refractivity contribution in [1.29, 1.82) is 0 Å². The lowest BCUT2D eigenvalue weighted by atomic mass is 10.1. The Kier molecular flexibility index (Phi) is 3.05. The molecule has 0 spiro atoms. The second-order valence-corrected chi connectivity index (χ2v) is 4.03. The molecule has 0 amide bonds. The predicted octanol–water partition coefficient (Wildman–Crippen LogP) is 3.15. The van der Waals surface area contributed by atoms with E-state index in [0.29, 0.717) is 12.5 Å². The minimum atomic E-state index is 0.624.